The smallest absolute Gasteiger partial charge is 0.442 e. The number of hydrogen-bond acceptors (Lipinski definition) is 6. The monoisotopic (exact) mass is 387 g/mol. The molecule has 1 atom stereocenters. The molecular weight excluding hydrogens is 371 g/mol. The van der Waals surface area contributed by atoms with Crippen LogP contribution >= 0.6 is 11.3 Å². The van der Waals surface area contributed by atoms with Crippen LogP contribution < -0.4 is 10.6 Å². The quantitative estimate of drug-likeness (QED) is 0.609. The predicted octanol–water partition coefficient (Wildman–Crippen LogP) is 3.03. The summed E-state index contributed by atoms with van der Waals surface area (Å²) in [5.41, 5.74) is -2.83. The van der Waals surface area contributed by atoms with Gasteiger partial charge in [0, 0.05) is 16.6 Å². The number of carbonyl (C=O) groups is 2. The minimum Gasteiger partial charge on any atom is -0.466 e. The van der Waals surface area contributed by atoms with Crippen LogP contribution in [0.2, 0.25) is 0 Å². The van der Waals surface area contributed by atoms with Crippen molar-refractivity contribution < 1.29 is 27.5 Å². The van der Waals surface area contributed by atoms with Gasteiger partial charge in [-0.15, -0.1) is 11.3 Å². The first-order chi connectivity index (χ1) is 12.1. The van der Waals surface area contributed by atoms with Crippen LogP contribution in [-0.4, -0.2) is 35.8 Å². The maximum Gasteiger partial charge on any atom is 0.442 e. The number of rotatable bonds is 5. The number of methoxy groups -OCH3 is 1. The Hall–Kier alpha value is -2.62. The Morgan fingerprint density at radius 3 is 2.42 bits per heavy atom. The number of ether oxygens (including phenoxy) is 1. The first-order valence-electron chi connectivity index (χ1n) is 7.34. The predicted molar refractivity (Wildman–Crippen MR) is 89.9 cm³/mol. The number of esters is 1. The molecule has 1 aromatic carbocycles. The van der Waals surface area contributed by atoms with Crippen LogP contribution in [0.4, 0.5) is 18.3 Å². The molecule has 140 valence electrons. The Labute approximate surface area is 151 Å². The zero-order chi connectivity index (χ0) is 19.5. The van der Waals surface area contributed by atoms with Crippen molar-refractivity contribution in [3.05, 3.63) is 46.5 Å². The van der Waals surface area contributed by atoms with Crippen LogP contribution in [0.5, 0.6) is 0 Å². The Morgan fingerprint density at radius 2 is 1.92 bits per heavy atom. The average Bonchev–Trinajstić information content (AvgIpc) is 2.97. The zero-order valence-corrected chi connectivity index (χ0v) is 14.9. The number of benzene rings is 1. The molecule has 1 aromatic heterocycles. The molecule has 2 aromatic rings. The number of nitrogens with one attached hydrogen (secondary N) is 2. The summed E-state index contributed by atoms with van der Waals surface area (Å²) in [5, 5.41) is 3.55. The van der Waals surface area contributed by atoms with Crippen molar-refractivity contribution in [1.82, 2.24) is 10.3 Å². The highest BCUT2D eigenvalue weighted by atomic mass is 32.1. The van der Waals surface area contributed by atoms with E-state index in [1.807, 2.05) is 5.32 Å². The van der Waals surface area contributed by atoms with Gasteiger partial charge in [-0.2, -0.15) is 13.2 Å². The van der Waals surface area contributed by atoms with E-state index < -0.39 is 23.7 Å². The molecule has 6 nitrogen and oxygen atoms in total. The van der Waals surface area contributed by atoms with Crippen molar-refractivity contribution in [2.24, 2.45) is 0 Å². The number of halogens is 3. The molecule has 0 aliphatic carbocycles. The van der Waals surface area contributed by atoms with Crippen LogP contribution in [0.1, 0.15) is 20.8 Å². The van der Waals surface area contributed by atoms with E-state index in [9.17, 15) is 22.8 Å². The Kier molecular flexibility index (Phi) is 5.55. The number of nitrogens with zero attached hydrogens (tertiary/aromatic N) is 1. The fraction of sp³-hybridized carbons (Fsp3) is 0.312. The van der Waals surface area contributed by atoms with Crippen LogP contribution in [0.15, 0.2) is 30.5 Å². The van der Waals surface area contributed by atoms with Gasteiger partial charge in [0.25, 0.3) is 5.91 Å². The zero-order valence-electron chi connectivity index (χ0n) is 14.1. The molecule has 0 aliphatic rings. The van der Waals surface area contributed by atoms with Crippen molar-refractivity contribution in [3.8, 4) is 0 Å². The minimum absolute atomic E-state index is 0.0281. The first kappa shape index (κ1) is 19.7. The topological polar surface area (TPSA) is 80.3 Å². The van der Waals surface area contributed by atoms with Crippen molar-refractivity contribution in [3.63, 3.8) is 0 Å². The molecule has 1 heterocycles. The Bertz CT molecular complexity index is 822. The number of thiazole rings is 1. The average molecular weight is 387 g/mol. The van der Waals surface area contributed by atoms with E-state index in [-0.39, 0.29) is 10.7 Å². The standard InChI is InChI=1S/C16H16F3N3O3S/c1-9-5-4-6-11(7-9)12(23)21-15(13(24)25-3,16(17,18)19)22-14-20-8-10(2)26-14/h4-8H,1-3H3,(H,20,22)(H,21,23)/t15-/m0/s1. The second-order valence-corrected chi connectivity index (χ2v) is 6.70. The van der Waals surface area contributed by atoms with E-state index in [4.69, 9.17) is 0 Å². The SMILES string of the molecule is COC(=O)[C@](NC(=O)c1cccc(C)c1)(Nc1ncc(C)s1)C(F)(F)F. The van der Waals surface area contributed by atoms with E-state index >= 15 is 0 Å². The van der Waals surface area contributed by atoms with E-state index in [0.717, 1.165) is 18.4 Å². The maximum atomic E-state index is 13.9. The molecule has 0 saturated heterocycles. The van der Waals surface area contributed by atoms with Gasteiger partial charge in [-0.1, -0.05) is 17.7 Å². The molecular formula is C16H16F3N3O3S. The normalized spacial score (nSPS) is 13.6. The molecule has 0 fully saturated rings. The van der Waals surface area contributed by atoms with Crippen molar-refractivity contribution in [2.45, 2.75) is 25.7 Å². The first-order valence-corrected chi connectivity index (χ1v) is 8.15. The summed E-state index contributed by atoms with van der Waals surface area (Å²) in [5.74, 6) is -2.80. The molecule has 2 N–H and O–H groups in total. The third kappa shape index (κ3) is 3.96. The molecule has 0 unspecified atom stereocenters. The summed E-state index contributed by atoms with van der Waals surface area (Å²) in [7, 11) is 0.802. The highest BCUT2D eigenvalue weighted by Crippen LogP contribution is 2.34. The molecule has 2 rings (SSSR count). The van der Waals surface area contributed by atoms with Crippen molar-refractivity contribution in [2.75, 3.05) is 12.4 Å². The van der Waals surface area contributed by atoms with Gasteiger partial charge in [0.15, 0.2) is 5.13 Å². The summed E-state index contributed by atoms with van der Waals surface area (Å²) < 4.78 is 45.9. The van der Waals surface area contributed by atoms with Crippen LogP contribution in [0.25, 0.3) is 0 Å². The van der Waals surface area contributed by atoms with Crippen LogP contribution in [0.3, 0.4) is 0 Å². The second kappa shape index (κ2) is 7.32. The highest BCUT2D eigenvalue weighted by Gasteiger charge is 2.64. The molecule has 0 radical (unpaired) electrons. The molecule has 0 bridgehead atoms. The number of anilines is 1. The summed E-state index contributed by atoms with van der Waals surface area (Å²) in [6.45, 7) is 3.33. The molecule has 26 heavy (non-hydrogen) atoms. The Morgan fingerprint density at radius 1 is 1.23 bits per heavy atom. The molecule has 1 amide bonds. The molecule has 0 aliphatic heterocycles. The lowest BCUT2D eigenvalue weighted by atomic mass is 10.1. The number of amides is 1. The van der Waals surface area contributed by atoms with E-state index in [0.29, 0.717) is 10.4 Å². The van der Waals surface area contributed by atoms with Crippen molar-refractivity contribution in [1.29, 1.82) is 0 Å². The Balaban J connectivity index is 2.47. The number of alkyl halides is 3. The lowest BCUT2D eigenvalue weighted by Crippen LogP contribution is -2.69. The van der Waals surface area contributed by atoms with Gasteiger partial charge in [0.1, 0.15) is 0 Å². The fourth-order valence-corrected chi connectivity index (χ4v) is 2.87. The minimum atomic E-state index is -5.20. The van der Waals surface area contributed by atoms with Gasteiger partial charge in [0.2, 0.25) is 0 Å². The number of carbonyl (C=O) groups excluding carboxylic acids is 2. The summed E-state index contributed by atoms with van der Waals surface area (Å²) in [4.78, 5) is 28.9. The molecule has 0 spiro atoms. The maximum absolute atomic E-state index is 13.9. The summed E-state index contributed by atoms with van der Waals surface area (Å²) >= 11 is 0.903. The van der Waals surface area contributed by atoms with Gasteiger partial charge < -0.3 is 15.4 Å². The second-order valence-electron chi connectivity index (χ2n) is 5.46. The largest absolute Gasteiger partial charge is 0.466 e. The number of hydrogen-bond donors (Lipinski definition) is 2. The lowest BCUT2D eigenvalue weighted by molar-refractivity contribution is -0.203. The molecule has 0 saturated carbocycles. The third-order valence-electron chi connectivity index (χ3n) is 3.41. The van der Waals surface area contributed by atoms with Gasteiger partial charge in [-0.05, 0) is 26.0 Å². The molecule has 10 heteroatoms. The lowest BCUT2D eigenvalue weighted by Gasteiger charge is -2.34. The van der Waals surface area contributed by atoms with Gasteiger partial charge >= 0.3 is 17.8 Å². The fourth-order valence-electron chi connectivity index (χ4n) is 2.15. The number of aryl methyl sites for hydroxylation is 2. The van der Waals surface area contributed by atoms with Crippen LogP contribution in [-0.2, 0) is 9.53 Å². The van der Waals surface area contributed by atoms with E-state index in [2.05, 4.69) is 9.72 Å². The van der Waals surface area contributed by atoms with Gasteiger partial charge in [-0.25, -0.2) is 9.78 Å². The number of aromatic nitrogens is 1. The van der Waals surface area contributed by atoms with E-state index in [1.54, 1.807) is 25.2 Å². The summed E-state index contributed by atoms with van der Waals surface area (Å²) in [6, 6.07) is 5.95. The highest BCUT2D eigenvalue weighted by molar-refractivity contribution is 7.15. The van der Waals surface area contributed by atoms with Gasteiger partial charge in [0.05, 0.1) is 7.11 Å². The van der Waals surface area contributed by atoms with E-state index in [1.165, 1.54) is 24.4 Å². The van der Waals surface area contributed by atoms with Crippen LogP contribution in [0, 0.1) is 13.8 Å². The van der Waals surface area contributed by atoms with Crippen molar-refractivity contribution >= 4 is 28.3 Å². The third-order valence-corrected chi connectivity index (χ3v) is 4.24. The summed E-state index contributed by atoms with van der Waals surface area (Å²) in [6.07, 6.45) is -3.85. The van der Waals surface area contributed by atoms with Gasteiger partial charge in [-0.3, -0.25) is 4.79 Å².